The monoisotopic (exact) mass is 222 g/mol. The molecule has 1 N–H and O–H groups in total. The molecule has 0 spiro atoms. The van der Waals surface area contributed by atoms with Crippen LogP contribution in [0.15, 0.2) is 0 Å². The first kappa shape index (κ1) is 11.4. The summed E-state index contributed by atoms with van der Waals surface area (Å²) < 4.78 is 0. The quantitative estimate of drug-likeness (QED) is 0.759. The van der Waals surface area contributed by atoms with E-state index in [2.05, 4.69) is 6.07 Å². The van der Waals surface area contributed by atoms with Crippen molar-refractivity contribution in [3.63, 3.8) is 0 Å². The molecule has 2 aliphatic rings. The van der Waals surface area contributed by atoms with Gasteiger partial charge in [-0.15, -0.1) is 0 Å². The fourth-order valence-corrected chi connectivity index (χ4v) is 2.92. The van der Waals surface area contributed by atoms with Gasteiger partial charge in [-0.1, -0.05) is 12.8 Å². The molecule has 1 aliphatic carbocycles. The highest BCUT2D eigenvalue weighted by Gasteiger charge is 2.46. The number of amides is 1. The van der Waals surface area contributed by atoms with E-state index < -0.39 is 5.41 Å². The second kappa shape index (κ2) is 4.42. The molecule has 0 aromatic rings. The van der Waals surface area contributed by atoms with Gasteiger partial charge in [0.15, 0.2) is 0 Å². The molecule has 1 aliphatic heterocycles. The largest absolute Gasteiger partial charge is 0.394 e. The summed E-state index contributed by atoms with van der Waals surface area (Å²) in [4.78, 5) is 14.1. The van der Waals surface area contributed by atoms with Crippen molar-refractivity contribution >= 4 is 5.91 Å². The molecule has 16 heavy (non-hydrogen) atoms. The molecule has 1 heterocycles. The molecule has 1 saturated carbocycles. The Morgan fingerprint density at radius 1 is 1.44 bits per heavy atom. The van der Waals surface area contributed by atoms with E-state index in [0.717, 1.165) is 25.7 Å². The van der Waals surface area contributed by atoms with E-state index >= 15 is 0 Å². The minimum absolute atomic E-state index is 0.0211. The van der Waals surface area contributed by atoms with Crippen LogP contribution in [-0.2, 0) is 4.79 Å². The number of carbonyl (C=O) groups excluding carboxylic acids is 1. The van der Waals surface area contributed by atoms with E-state index in [4.69, 9.17) is 0 Å². The number of aliphatic hydroxyl groups excluding tert-OH is 1. The van der Waals surface area contributed by atoms with Gasteiger partial charge >= 0.3 is 0 Å². The molecule has 1 atom stereocenters. The number of hydrogen-bond donors (Lipinski definition) is 1. The fourth-order valence-electron chi connectivity index (χ4n) is 2.92. The van der Waals surface area contributed by atoms with Gasteiger partial charge < -0.3 is 10.0 Å². The highest BCUT2D eigenvalue weighted by Crippen LogP contribution is 2.40. The highest BCUT2D eigenvalue weighted by atomic mass is 16.3. The van der Waals surface area contributed by atoms with E-state index in [0.29, 0.717) is 19.4 Å². The highest BCUT2D eigenvalue weighted by molar-refractivity contribution is 5.86. The number of likely N-dealkylation sites (tertiary alicyclic amines) is 1. The van der Waals surface area contributed by atoms with Gasteiger partial charge in [0.2, 0.25) is 5.91 Å². The maximum atomic E-state index is 12.4. The minimum atomic E-state index is -0.780. The van der Waals surface area contributed by atoms with Gasteiger partial charge in [0.25, 0.3) is 0 Å². The predicted molar refractivity (Wildman–Crippen MR) is 58.3 cm³/mol. The summed E-state index contributed by atoms with van der Waals surface area (Å²) in [5.74, 6) is -0.0379. The summed E-state index contributed by atoms with van der Waals surface area (Å²) >= 11 is 0. The minimum Gasteiger partial charge on any atom is -0.394 e. The van der Waals surface area contributed by atoms with Gasteiger partial charge in [-0.25, -0.2) is 0 Å². The third-order valence-electron chi connectivity index (χ3n) is 3.93. The van der Waals surface area contributed by atoms with Crippen molar-refractivity contribution in [3.05, 3.63) is 0 Å². The lowest BCUT2D eigenvalue weighted by atomic mass is 9.86. The van der Waals surface area contributed by atoms with Gasteiger partial charge in [-0.3, -0.25) is 4.79 Å². The van der Waals surface area contributed by atoms with Crippen molar-refractivity contribution in [2.75, 3.05) is 13.2 Å². The number of nitrogens with zero attached hydrogens (tertiary/aromatic N) is 2. The third-order valence-corrected chi connectivity index (χ3v) is 3.93. The zero-order valence-corrected chi connectivity index (χ0v) is 9.48. The second-order valence-electron chi connectivity index (χ2n) is 4.88. The van der Waals surface area contributed by atoms with E-state index in [1.807, 2.05) is 0 Å². The van der Waals surface area contributed by atoms with E-state index in [9.17, 15) is 15.2 Å². The summed E-state index contributed by atoms with van der Waals surface area (Å²) in [5.41, 5.74) is -0.780. The zero-order valence-electron chi connectivity index (χ0n) is 9.48. The molecule has 4 heteroatoms. The zero-order chi connectivity index (χ0) is 11.6. The number of nitriles is 1. The normalized spacial score (nSPS) is 28.0. The third kappa shape index (κ3) is 1.69. The molecule has 2 fully saturated rings. The van der Waals surface area contributed by atoms with Crippen molar-refractivity contribution in [1.82, 2.24) is 4.90 Å². The average Bonchev–Trinajstić information content (AvgIpc) is 2.97. The van der Waals surface area contributed by atoms with Crippen LogP contribution in [0.2, 0.25) is 0 Å². The lowest BCUT2D eigenvalue weighted by molar-refractivity contribution is -0.140. The Bertz CT molecular complexity index is 315. The Morgan fingerprint density at radius 3 is 2.69 bits per heavy atom. The fraction of sp³-hybridized carbons (Fsp3) is 0.833. The summed E-state index contributed by atoms with van der Waals surface area (Å²) in [6.07, 6.45) is 5.13. The first-order chi connectivity index (χ1) is 7.73. The molecule has 0 bridgehead atoms. The molecule has 2 rings (SSSR count). The number of aliphatic hydroxyl groups is 1. The Hall–Kier alpha value is -1.08. The van der Waals surface area contributed by atoms with Crippen molar-refractivity contribution in [3.8, 4) is 6.07 Å². The molecule has 0 aromatic heterocycles. The SMILES string of the molecule is N#CC1(C(=O)N2CCC[C@@H]2CO)CCCC1. The number of rotatable bonds is 2. The number of carbonyl (C=O) groups is 1. The van der Waals surface area contributed by atoms with Crippen LogP contribution in [0.3, 0.4) is 0 Å². The summed E-state index contributed by atoms with van der Waals surface area (Å²) in [6.45, 7) is 0.723. The van der Waals surface area contributed by atoms with Crippen molar-refractivity contribution < 1.29 is 9.90 Å². The lowest BCUT2D eigenvalue weighted by Gasteiger charge is -2.30. The first-order valence-electron chi connectivity index (χ1n) is 6.07. The second-order valence-corrected chi connectivity index (χ2v) is 4.88. The average molecular weight is 222 g/mol. The Morgan fingerprint density at radius 2 is 2.12 bits per heavy atom. The Labute approximate surface area is 95.9 Å². The topological polar surface area (TPSA) is 64.3 Å². The molecular formula is C12H18N2O2. The maximum absolute atomic E-state index is 12.4. The molecule has 1 amide bonds. The maximum Gasteiger partial charge on any atom is 0.243 e. The van der Waals surface area contributed by atoms with Crippen LogP contribution in [0.1, 0.15) is 38.5 Å². The van der Waals surface area contributed by atoms with Crippen LogP contribution in [0.4, 0.5) is 0 Å². The van der Waals surface area contributed by atoms with Crippen LogP contribution in [0, 0.1) is 16.7 Å². The smallest absolute Gasteiger partial charge is 0.243 e. The summed E-state index contributed by atoms with van der Waals surface area (Å²) in [6, 6.07) is 2.17. The molecule has 0 radical (unpaired) electrons. The van der Waals surface area contributed by atoms with Gasteiger partial charge in [0.1, 0.15) is 5.41 Å². The predicted octanol–water partition coefficient (Wildman–Crippen LogP) is 1.05. The van der Waals surface area contributed by atoms with Crippen LogP contribution >= 0.6 is 0 Å². The summed E-state index contributed by atoms with van der Waals surface area (Å²) in [5, 5.41) is 18.5. The molecular weight excluding hydrogens is 204 g/mol. The van der Waals surface area contributed by atoms with Crippen molar-refractivity contribution in [2.24, 2.45) is 5.41 Å². The molecule has 0 aromatic carbocycles. The van der Waals surface area contributed by atoms with Gasteiger partial charge in [-0.05, 0) is 25.7 Å². The number of hydrogen-bond acceptors (Lipinski definition) is 3. The first-order valence-corrected chi connectivity index (χ1v) is 6.07. The lowest BCUT2D eigenvalue weighted by Crippen LogP contribution is -2.45. The Balaban J connectivity index is 2.14. The molecule has 0 unspecified atom stereocenters. The molecule has 4 nitrogen and oxygen atoms in total. The van der Waals surface area contributed by atoms with Crippen molar-refractivity contribution in [1.29, 1.82) is 5.26 Å². The van der Waals surface area contributed by atoms with Gasteiger partial charge in [0.05, 0.1) is 18.7 Å². The van der Waals surface area contributed by atoms with Crippen LogP contribution in [0.5, 0.6) is 0 Å². The molecule has 1 saturated heterocycles. The van der Waals surface area contributed by atoms with E-state index in [1.54, 1.807) is 4.90 Å². The van der Waals surface area contributed by atoms with Crippen LogP contribution in [0.25, 0.3) is 0 Å². The van der Waals surface area contributed by atoms with Crippen molar-refractivity contribution in [2.45, 2.75) is 44.6 Å². The van der Waals surface area contributed by atoms with Crippen LogP contribution < -0.4 is 0 Å². The van der Waals surface area contributed by atoms with Gasteiger partial charge in [-0.2, -0.15) is 5.26 Å². The summed E-state index contributed by atoms with van der Waals surface area (Å²) in [7, 11) is 0. The van der Waals surface area contributed by atoms with E-state index in [1.165, 1.54) is 0 Å². The standard InChI is InChI=1S/C12H18N2O2/c13-9-12(5-1-2-6-12)11(16)14-7-3-4-10(14)8-15/h10,15H,1-8H2/t10-/m1/s1. The molecule has 88 valence electrons. The van der Waals surface area contributed by atoms with E-state index in [-0.39, 0.29) is 18.6 Å². The van der Waals surface area contributed by atoms with Gasteiger partial charge in [0, 0.05) is 6.54 Å². The van der Waals surface area contributed by atoms with Crippen LogP contribution in [-0.4, -0.2) is 35.1 Å². The Kier molecular flexibility index (Phi) is 3.15.